The normalized spacial score (nSPS) is 19.4. The lowest BCUT2D eigenvalue weighted by Crippen LogP contribution is -2.27. The molecule has 72 valence electrons. The number of hydrogen-bond acceptors (Lipinski definition) is 1. The zero-order valence-electron chi connectivity index (χ0n) is 8.12. The molecule has 0 radical (unpaired) electrons. The largest absolute Gasteiger partial charge is 0.312 e. The SMILES string of the molecule is O=C1Cc2cccc3c2N1CCCC3. The van der Waals surface area contributed by atoms with Gasteiger partial charge in [-0.15, -0.1) is 0 Å². The summed E-state index contributed by atoms with van der Waals surface area (Å²) in [6.45, 7) is 0.919. The van der Waals surface area contributed by atoms with Gasteiger partial charge in [-0.1, -0.05) is 18.2 Å². The van der Waals surface area contributed by atoms with Gasteiger partial charge in [0.1, 0.15) is 0 Å². The van der Waals surface area contributed by atoms with Crippen LogP contribution in [0, 0.1) is 0 Å². The van der Waals surface area contributed by atoms with Gasteiger partial charge in [0, 0.05) is 6.54 Å². The Morgan fingerprint density at radius 3 is 2.93 bits per heavy atom. The Kier molecular flexibility index (Phi) is 1.63. The van der Waals surface area contributed by atoms with Crippen LogP contribution in [0.5, 0.6) is 0 Å². The van der Waals surface area contributed by atoms with Crippen molar-refractivity contribution in [3.63, 3.8) is 0 Å². The van der Waals surface area contributed by atoms with Gasteiger partial charge < -0.3 is 4.90 Å². The highest BCUT2D eigenvalue weighted by atomic mass is 16.2. The third-order valence-electron chi connectivity index (χ3n) is 3.19. The number of para-hydroxylation sites is 1. The van der Waals surface area contributed by atoms with Crippen LogP contribution < -0.4 is 4.90 Å². The first-order chi connectivity index (χ1) is 6.86. The number of carbonyl (C=O) groups is 1. The second-order valence-electron chi connectivity index (χ2n) is 4.10. The summed E-state index contributed by atoms with van der Waals surface area (Å²) in [6.07, 6.45) is 4.09. The summed E-state index contributed by atoms with van der Waals surface area (Å²) in [5.41, 5.74) is 3.83. The van der Waals surface area contributed by atoms with Gasteiger partial charge in [0.25, 0.3) is 0 Å². The Morgan fingerprint density at radius 1 is 1.14 bits per heavy atom. The minimum absolute atomic E-state index is 0.286. The number of rotatable bonds is 0. The lowest BCUT2D eigenvalue weighted by Gasteiger charge is -2.16. The first-order valence-electron chi connectivity index (χ1n) is 5.27. The zero-order chi connectivity index (χ0) is 9.54. The Morgan fingerprint density at radius 2 is 2.00 bits per heavy atom. The van der Waals surface area contributed by atoms with Crippen molar-refractivity contribution in [3.05, 3.63) is 29.3 Å². The highest BCUT2D eigenvalue weighted by Crippen LogP contribution is 2.35. The van der Waals surface area contributed by atoms with E-state index >= 15 is 0 Å². The average molecular weight is 187 g/mol. The summed E-state index contributed by atoms with van der Waals surface area (Å²) >= 11 is 0. The van der Waals surface area contributed by atoms with Crippen LogP contribution in [-0.2, 0) is 17.6 Å². The maximum Gasteiger partial charge on any atom is 0.231 e. The fourth-order valence-corrected chi connectivity index (χ4v) is 2.54. The standard InChI is InChI=1S/C12H13NO/c14-11-8-10-6-3-5-9-4-1-2-7-13(11)12(9)10/h3,5-6H,1-2,4,7-8H2. The van der Waals surface area contributed by atoms with Gasteiger partial charge in [0.15, 0.2) is 0 Å². The van der Waals surface area contributed by atoms with E-state index in [1.54, 1.807) is 0 Å². The van der Waals surface area contributed by atoms with E-state index in [1.807, 2.05) is 4.90 Å². The molecular weight excluding hydrogens is 174 g/mol. The van der Waals surface area contributed by atoms with Gasteiger partial charge in [-0.3, -0.25) is 4.79 Å². The monoisotopic (exact) mass is 187 g/mol. The molecule has 1 amide bonds. The first-order valence-corrected chi connectivity index (χ1v) is 5.27. The number of benzene rings is 1. The molecule has 2 heteroatoms. The number of carbonyl (C=O) groups excluding carboxylic acids is 1. The number of anilines is 1. The Labute approximate surface area is 83.5 Å². The maximum atomic E-state index is 11.7. The molecule has 0 unspecified atom stereocenters. The number of aryl methyl sites for hydroxylation is 1. The summed E-state index contributed by atoms with van der Waals surface area (Å²) in [5, 5.41) is 0. The van der Waals surface area contributed by atoms with E-state index in [9.17, 15) is 4.79 Å². The molecule has 0 fully saturated rings. The molecule has 2 aliphatic heterocycles. The van der Waals surface area contributed by atoms with E-state index in [0.29, 0.717) is 6.42 Å². The van der Waals surface area contributed by atoms with Crippen LogP contribution in [0.25, 0.3) is 0 Å². The van der Waals surface area contributed by atoms with Crippen molar-refractivity contribution in [2.24, 2.45) is 0 Å². The Hall–Kier alpha value is -1.31. The fourth-order valence-electron chi connectivity index (χ4n) is 2.54. The molecule has 2 nitrogen and oxygen atoms in total. The summed E-state index contributed by atoms with van der Waals surface area (Å²) in [6, 6.07) is 6.33. The van der Waals surface area contributed by atoms with Gasteiger partial charge in [-0.25, -0.2) is 0 Å². The van der Waals surface area contributed by atoms with Crippen molar-refractivity contribution in [2.75, 3.05) is 11.4 Å². The first kappa shape index (κ1) is 8.04. The second-order valence-corrected chi connectivity index (χ2v) is 4.10. The summed E-state index contributed by atoms with van der Waals surface area (Å²) in [5.74, 6) is 0.286. The minimum atomic E-state index is 0.286. The van der Waals surface area contributed by atoms with Crippen LogP contribution in [0.4, 0.5) is 5.69 Å². The maximum absolute atomic E-state index is 11.7. The van der Waals surface area contributed by atoms with Crippen molar-refractivity contribution in [1.82, 2.24) is 0 Å². The zero-order valence-corrected chi connectivity index (χ0v) is 8.12. The number of amides is 1. The van der Waals surface area contributed by atoms with Gasteiger partial charge in [0.2, 0.25) is 5.91 Å². The van der Waals surface area contributed by atoms with Gasteiger partial charge in [-0.05, 0) is 30.4 Å². The van der Waals surface area contributed by atoms with E-state index in [2.05, 4.69) is 18.2 Å². The summed E-state index contributed by atoms with van der Waals surface area (Å²) in [4.78, 5) is 13.7. The van der Waals surface area contributed by atoms with Crippen molar-refractivity contribution >= 4 is 11.6 Å². The molecule has 2 heterocycles. The highest BCUT2D eigenvalue weighted by Gasteiger charge is 2.30. The van der Waals surface area contributed by atoms with Crippen LogP contribution in [0.2, 0.25) is 0 Å². The van der Waals surface area contributed by atoms with Crippen LogP contribution >= 0.6 is 0 Å². The second kappa shape index (κ2) is 2.84. The highest BCUT2D eigenvalue weighted by molar-refractivity contribution is 6.02. The molecule has 0 saturated carbocycles. The molecule has 3 rings (SSSR count). The Bertz CT molecular complexity index is 397. The predicted octanol–water partition coefficient (Wildman–Crippen LogP) is 1.91. The summed E-state index contributed by atoms with van der Waals surface area (Å²) < 4.78 is 0. The Balaban J connectivity index is 2.20. The van der Waals surface area contributed by atoms with Gasteiger partial charge >= 0.3 is 0 Å². The molecule has 1 aromatic rings. The molecule has 0 aliphatic carbocycles. The van der Waals surface area contributed by atoms with E-state index in [1.165, 1.54) is 23.2 Å². The molecule has 2 aliphatic rings. The average Bonchev–Trinajstić information content (AvgIpc) is 2.39. The van der Waals surface area contributed by atoms with Crippen LogP contribution in [0.3, 0.4) is 0 Å². The molecular formula is C12H13NO. The van der Waals surface area contributed by atoms with E-state index in [-0.39, 0.29) is 5.91 Å². The van der Waals surface area contributed by atoms with Crippen LogP contribution in [0.1, 0.15) is 24.0 Å². The fraction of sp³-hybridized carbons (Fsp3) is 0.417. The third kappa shape index (κ3) is 0.999. The van der Waals surface area contributed by atoms with Gasteiger partial charge in [-0.2, -0.15) is 0 Å². The topological polar surface area (TPSA) is 20.3 Å². The molecule has 14 heavy (non-hydrogen) atoms. The van der Waals surface area contributed by atoms with Crippen LogP contribution in [-0.4, -0.2) is 12.5 Å². The van der Waals surface area contributed by atoms with E-state index in [0.717, 1.165) is 19.4 Å². The molecule has 0 saturated heterocycles. The molecule has 0 N–H and O–H groups in total. The van der Waals surface area contributed by atoms with Gasteiger partial charge in [0.05, 0.1) is 12.1 Å². The van der Waals surface area contributed by atoms with Crippen molar-refractivity contribution in [2.45, 2.75) is 25.7 Å². The van der Waals surface area contributed by atoms with E-state index < -0.39 is 0 Å². The molecule has 0 bridgehead atoms. The van der Waals surface area contributed by atoms with E-state index in [4.69, 9.17) is 0 Å². The molecule has 0 aromatic heterocycles. The lowest BCUT2D eigenvalue weighted by molar-refractivity contribution is -0.117. The van der Waals surface area contributed by atoms with Crippen molar-refractivity contribution < 1.29 is 4.79 Å². The number of nitrogens with zero attached hydrogens (tertiary/aromatic N) is 1. The predicted molar refractivity (Wildman–Crippen MR) is 55.4 cm³/mol. The molecule has 1 aromatic carbocycles. The molecule has 0 spiro atoms. The summed E-state index contributed by atoms with van der Waals surface area (Å²) in [7, 11) is 0. The minimum Gasteiger partial charge on any atom is -0.312 e. The smallest absolute Gasteiger partial charge is 0.231 e. The van der Waals surface area contributed by atoms with Crippen molar-refractivity contribution in [1.29, 1.82) is 0 Å². The van der Waals surface area contributed by atoms with Crippen LogP contribution in [0.15, 0.2) is 18.2 Å². The third-order valence-corrected chi connectivity index (χ3v) is 3.19. The number of hydrogen-bond donors (Lipinski definition) is 0. The molecule has 0 atom stereocenters. The quantitative estimate of drug-likeness (QED) is 0.607. The van der Waals surface area contributed by atoms with Crippen molar-refractivity contribution in [3.8, 4) is 0 Å². The lowest BCUT2D eigenvalue weighted by atomic mass is 10.0.